The molecule has 0 atom stereocenters. The van der Waals surface area contributed by atoms with Gasteiger partial charge in [-0.1, -0.05) is 158 Å². The van der Waals surface area contributed by atoms with Crippen molar-refractivity contribution in [3.63, 3.8) is 0 Å². The molecule has 10 aromatic carbocycles. The highest BCUT2D eigenvalue weighted by atomic mass is 16.4. The fourth-order valence-corrected chi connectivity index (χ4v) is 9.03. The summed E-state index contributed by atoms with van der Waals surface area (Å²) < 4.78 is 13.1. The molecule has 0 N–H and O–H groups in total. The zero-order valence-electron chi connectivity index (χ0n) is 33.0. The van der Waals surface area contributed by atoms with Crippen molar-refractivity contribution in [3.05, 3.63) is 218 Å². The van der Waals surface area contributed by atoms with E-state index in [1.54, 1.807) is 0 Å². The number of rotatable bonds is 7. The Morgan fingerprint density at radius 2 is 0.934 bits per heavy atom. The third-order valence-electron chi connectivity index (χ3n) is 11.9. The van der Waals surface area contributed by atoms with Crippen LogP contribution in [0.4, 0.5) is 17.1 Å². The number of benzene rings is 10. The molecule has 0 radical (unpaired) electrons. The molecular weight excluding hydrogens is 745 g/mol. The second-order valence-electron chi connectivity index (χ2n) is 15.5. The van der Waals surface area contributed by atoms with E-state index in [-0.39, 0.29) is 0 Å². The Morgan fingerprint density at radius 1 is 0.361 bits per heavy atom. The average molecular weight is 781 g/mol. The molecule has 61 heavy (non-hydrogen) atoms. The molecule has 0 aliphatic rings. The predicted octanol–water partition coefficient (Wildman–Crippen LogP) is 16.2. The highest BCUT2D eigenvalue weighted by Gasteiger charge is 2.23. The van der Waals surface area contributed by atoms with E-state index < -0.39 is 0 Å². The van der Waals surface area contributed by atoms with Crippen molar-refractivity contribution in [2.75, 3.05) is 4.90 Å². The SMILES string of the molecule is c1ccc(-c2nc3c(-c4ccc(N(c5ccc(-c6cc7ccccc7c7ccccc67)cc5)c5ccccc5-c5ccccc5)cc4)c4oc5ccccc5c4cc3o2)cc1. The summed E-state index contributed by atoms with van der Waals surface area (Å²) in [5, 5.41) is 7.04. The summed E-state index contributed by atoms with van der Waals surface area (Å²) in [7, 11) is 0. The lowest BCUT2D eigenvalue weighted by atomic mass is 9.93. The van der Waals surface area contributed by atoms with Gasteiger partial charge in [-0.25, -0.2) is 4.98 Å². The molecule has 0 unspecified atom stereocenters. The summed E-state index contributed by atoms with van der Waals surface area (Å²) in [5.41, 5.74) is 13.8. The normalized spacial score (nSPS) is 11.6. The minimum absolute atomic E-state index is 0.578. The van der Waals surface area contributed by atoms with Crippen LogP contribution in [-0.4, -0.2) is 4.98 Å². The molecule has 0 aliphatic heterocycles. The summed E-state index contributed by atoms with van der Waals surface area (Å²) in [6, 6.07) is 77.0. The van der Waals surface area contributed by atoms with Crippen molar-refractivity contribution in [1.29, 1.82) is 0 Å². The van der Waals surface area contributed by atoms with Gasteiger partial charge in [-0.3, -0.25) is 0 Å². The van der Waals surface area contributed by atoms with Crippen molar-refractivity contribution < 1.29 is 8.83 Å². The topological polar surface area (TPSA) is 42.4 Å². The van der Waals surface area contributed by atoms with Crippen LogP contribution >= 0.6 is 0 Å². The number of fused-ring (bicyclic) bond motifs is 7. The lowest BCUT2D eigenvalue weighted by molar-refractivity contribution is 0.620. The Bertz CT molecular complexity index is 3570. The van der Waals surface area contributed by atoms with Crippen molar-refractivity contribution >= 4 is 71.6 Å². The summed E-state index contributed by atoms with van der Waals surface area (Å²) in [5.74, 6) is 0.578. The fraction of sp³-hybridized carbons (Fsp3) is 0. The van der Waals surface area contributed by atoms with Gasteiger partial charge in [0, 0.05) is 33.3 Å². The van der Waals surface area contributed by atoms with Gasteiger partial charge in [0.15, 0.2) is 5.58 Å². The van der Waals surface area contributed by atoms with E-state index >= 15 is 0 Å². The largest absolute Gasteiger partial charge is 0.455 e. The van der Waals surface area contributed by atoms with E-state index in [0.29, 0.717) is 5.89 Å². The molecule has 0 saturated carbocycles. The van der Waals surface area contributed by atoms with E-state index in [0.717, 1.165) is 77.9 Å². The first kappa shape index (κ1) is 34.8. The Morgan fingerprint density at radius 3 is 1.69 bits per heavy atom. The van der Waals surface area contributed by atoms with Gasteiger partial charge in [0.25, 0.3) is 0 Å². The van der Waals surface area contributed by atoms with E-state index in [1.807, 2.05) is 48.5 Å². The predicted molar refractivity (Wildman–Crippen MR) is 253 cm³/mol. The van der Waals surface area contributed by atoms with Crippen molar-refractivity contribution in [2.45, 2.75) is 0 Å². The molecule has 0 saturated heterocycles. The van der Waals surface area contributed by atoms with Crippen LogP contribution in [0.5, 0.6) is 0 Å². The van der Waals surface area contributed by atoms with Crippen LogP contribution in [-0.2, 0) is 0 Å². The van der Waals surface area contributed by atoms with E-state index in [2.05, 4.69) is 175 Å². The zero-order valence-corrected chi connectivity index (χ0v) is 33.0. The van der Waals surface area contributed by atoms with Gasteiger partial charge in [-0.2, -0.15) is 0 Å². The molecule has 286 valence electrons. The summed E-state index contributed by atoms with van der Waals surface area (Å²) in [6.45, 7) is 0. The molecule has 0 aliphatic carbocycles. The molecule has 0 spiro atoms. The smallest absolute Gasteiger partial charge is 0.227 e. The number of furan rings is 1. The van der Waals surface area contributed by atoms with Gasteiger partial charge in [0.2, 0.25) is 5.89 Å². The quantitative estimate of drug-likeness (QED) is 0.151. The number of hydrogen-bond donors (Lipinski definition) is 0. The highest BCUT2D eigenvalue weighted by Crippen LogP contribution is 2.45. The van der Waals surface area contributed by atoms with Crippen LogP contribution < -0.4 is 4.90 Å². The van der Waals surface area contributed by atoms with Crippen LogP contribution in [0.1, 0.15) is 0 Å². The molecule has 0 bridgehead atoms. The van der Waals surface area contributed by atoms with E-state index in [4.69, 9.17) is 13.8 Å². The Labute approximate surface area is 352 Å². The molecule has 4 nitrogen and oxygen atoms in total. The molecular formula is C57H36N2O2. The average Bonchev–Trinajstić information content (AvgIpc) is 3.93. The van der Waals surface area contributed by atoms with Crippen molar-refractivity contribution in [3.8, 4) is 44.8 Å². The first-order chi connectivity index (χ1) is 30.2. The van der Waals surface area contributed by atoms with E-state index in [1.165, 1.54) is 32.7 Å². The Hall–Kier alpha value is -8.21. The molecule has 2 heterocycles. The highest BCUT2D eigenvalue weighted by molar-refractivity contribution is 6.17. The third kappa shape index (κ3) is 5.88. The van der Waals surface area contributed by atoms with Gasteiger partial charge in [-0.15, -0.1) is 0 Å². The molecule has 0 fully saturated rings. The summed E-state index contributed by atoms with van der Waals surface area (Å²) in [6.07, 6.45) is 0. The van der Waals surface area contributed by atoms with Gasteiger partial charge >= 0.3 is 0 Å². The number of hydrogen-bond acceptors (Lipinski definition) is 4. The van der Waals surface area contributed by atoms with Crippen LogP contribution in [0.25, 0.3) is 99.4 Å². The number of anilines is 3. The van der Waals surface area contributed by atoms with Gasteiger partial charge in [0.1, 0.15) is 16.7 Å². The number of para-hydroxylation sites is 2. The van der Waals surface area contributed by atoms with Crippen molar-refractivity contribution in [1.82, 2.24) is 4.98 Å². The maximum atomic E-state index is 6.65. The molecule has 12 rings (SSSR count). The first-order valence-corrected chi connectivity index (χ1v) is 20.6. The summed E-state index contributed by atoms with van der Waals surface area (Å²) >= 11 is 0. The van der Waals surface area contributed by atoms with Crippen LogP contribution in [0.3, 0.4) is 0 Å². The third-order valence-corrected chi connectivity index (χ3v) is 11.9. The second-order valence-corrected chi connectivity index (χ2v) is 15.5. The lowest BCUT2D eigenvalue weighted by Crippen LogP contribution is -2.11. The zero-order chi connectivity index (χ0) is 40.3. The molecule has 2 aromatic heterocycles. The lowest BCUT2D eigenvalue weighted by Gasteiger charge is -2.28. The van der Waals surface area contributed by atoms with Gasteiger partial charge < -0.3 is 13.7 Å². The monoisotopic (exact) mass is 780 g/mol. The first-order valence-electron chi connectivity index (χ1n) is 20.6. The maximum Gasteiger partial charge on any atom is 0.227 e. The van der Waals surface area contributed by atoms with Gasteiger partial charge in [0.05, 0.1) is 11.3 Å². The van der Waals surface area contributed by atoms with Crippen LogP contribution in [0.2, 0.25) is 0 Å². The number of oxazole rings is 1. The second kappa shape index (κ2) is 14.3. The van der Waals surface area contributed by atoms with Crippen LogP contribution in [0.15, 0.2) is 227 Å². The Balaban J connectivity index is 1.02. The molecule has 4 heteroatoms. The standard InChI is InChI=1S/C57H36N2O2/c1-3-15-37(16-4-1)45-21-11-13-25-51(45)59(42-31-27-38(28-32-42)49-35-41-19-7-8-20-44(41)46-22-9-10-23-47(46)49)43-33-29-39(30-34-43)54-55-53(61-57(58-55)40-17-5-2-6-18-40)36-50-48-24-12-14-26-52(48)60-56(50)54/h1-36H. The molecule has 12 aromatic rings. The van der Waals surface area contributed by atoms with Crippen molar-refractivity contribution in [2.24, 2.45) is 0 Å². The maximum absolute atomic E-state index is 6.65. The molecule has 0 amide bonds. The van der Waals surface area contributed by atoms with Gasteiger partial charge in [-0.05, 0) is 104 Å². The summed E-state index contributed by atoms with van der Waals surface area (Å²) in [4.78, 5) is 7.47. The fourth-order valence-electron chi connectivity index (χ4n) is 9.03. The minimum atomic E-state index is 0.578. The number of nitrogens with zero attached hydrogens (tertiary/aromatic N) is 2. The Kier molecular flexibility index (Phi) is 8.13. The van der Waals surface area contributed by atoms with E-state index in [9.17, 15) is 0 Å². The minimum Gasteiger partial charge on any atom is -0.455 e. The number of aromatic nitrogens is 1. The van der Waals surface area contributed by atoms with Crippen LogP contribution in [0, 0.1) is 0 Å².